The zero-order valence-electron chi connectivity index (χ0n) is 12.3. The number of carbonyl (C=O) groups excluding carboxylic acids is 1. The normalized spacial score (nSPS) is 12.3. The molecule has 0 bridgehead atoms. The lowest BCUT2D eigenvalue weighted by Gasteiger charge is -2.17. The molecule has 22 heavy (non-hydrogen) atoms. The summed E-state index contributed by atoms with van der Waals surface area (Å²) in [6.45, 7) is 3.48. The van der Waals surface area contributed by atoms with Gasteiger partial charge in [-0.3, -0.25) is 4.79 Å². The second kappa shape index (κ2) is 7.17. The van der Waals surface area contributed by atoms with Crippen LogP contribution >= 0.6 is 11.3 Å². The van der Waals surface area contributed by atoms with Crippen molar-refractivity contribution >= 4 is 23.2 Å². The van der Waals surface area contributed by atoms with Crippen molar-refractivity contribution in [1.29, 1.82) is 0 Å². The number of hydrogen-bond donors (Lipinski definition) is 2. The van der Waals surface area contributed by atoms with Crippen molar-refractivity contribution in [3.8, 4) is 10.7 Å². The van der Waals surface area contributed by atoms with Gasteiger partial charge in [0.05, 0.1) is 4.88 Å². The molecule has 0 aromatic carbocycles. The third-order valence-corrected chi connectivity index (χ3v) is 3.89. The molecule has 2 rings (SSSR count). The van der Waals surface area contributed by atoms with Gasteiger partial charge in [-0.1, -0.05) is 25.1 Å². The molecule has 0 fully saturated rings. The number of carboxylic acids is 1. The first kappa shape index (κ1) is 16.2. The Labute approximate surface area is 131 Å². The molecule has 0 saturated carbocycles. The zero-order valence-corrected chi connectivity index (χ0v) is 13.1. The predicted molar refractivity (Wildman–Crippen MR) is 80.3 cm³/mol. The molecule has 0 saturated heterocycles. The first-order chi connectivity index (χ1) is 10.5. The Morgan fingerprint density at radius 2 is 2.23 bits per heavy atom. The fourth-order valence-corrected chi connectivity index (χ4v) is 2.49. The largest absolute Gasteiger partial charge is 0.480 e. The van der Waals surface area contributed by atoms with Gasteiger partial charge >= 0.3 is 5.97 Å². The number of rotatable bonds is 7. The number of carboxylic acid groups (broad SMARTS) is 1. The molecule has 8 heteroatoms. The molecule has 0 spiro atoms. The molecule has 2 heterocycles. The monoisotopic (exact) mass is 323 g/mol. The molecule has 118 valence electrons. The molecule has 0 aliphatic carbocycles. The SMILES string of the molecule is CC(C)C(NC(=O)CCc1nc(-c2cccs2)no1)C(=O)O. The van der Waals surface area contributed by atoms with Gasteiger partial charge < -0.3 is 14.9 Å². The van der Waals surface area contributed by atoms with E-state index in [1.807, 2.05) is 17.5 Å². The van der Waals surface area contributed by atoms with Crippen molar-refractivity contribution in [3.05, 3.63) is 23.4 Å². The van der Waals surface area contributed by atoms with Gasteiger partial charge in [0.1, 0.15) is 6.04 Å². The Morgan fingerprint density at radius 1 is 1.45 bits per heavy atom. The van der Waals surface area contributed by atoms with Crippen LogP contribution in [-0.2, 0) is 16.0 Å². The topological polar surface area (TPSA) is 105 Å². The van der Waals surface area contributed by atoms with Gasteiger partial charge in [0.25, 0.3) is 0 Å². The van der Waals surface area contributed by atoms with Crippen LogP contribution < -0.4 is 5.32 Å². The summed E-state index contributed by atoms with van der Waals surface area (Å²) in [5.41, 5.74) is 0. The molecule has 2 aromatic rings. The van der Waals surface area contributed by atoms with Gasteiger partial charge in [0.15, 0.2) is 0 Å². The summed E-state index contributed by atoms with van der Waals surface area (Å²) >= 11 is 1.50. The second-order valence-corrected chi connectivity index (χ2v) is 6.06. The van der Waals surface area contributed by atoms with Gasteiger partial charge in [0, 0.05) is 12.8 Å². The molecule has 1 amide bonds. The van der Waals surface area contributed by atoms with Crippen molar-refractivity contribution in [2.45, 2.75) is 32.7 Å². The Balaban J connectivity index is 1.87. The minimum absolute atomic E-state index is 0.0998. The van der Waals surface area contributed by atoms with E-state index in [1.165, 1.54) is 11.3 Å². The Bertz CT molecular complexity index is 636. The van der Waals surface area contributed by atoms with Crippen LogP contribution in [0.25, 0.3) is 10.7 Å². The van der Waals surface area contributed by atoms with Crippen LogP contribution in [0.15, 0.2) is 22.0 Å². The third-order valence-electron chi connectivity index (χ3n) is 3.02. The van der Waals surface area contributed by atoms with Crippen LogP contribution in [0.2, 0.25) is 0 Å². The summed E-state index contributed by atoms with van der Waals surface area (Å²) in [5, 5.41) is 17.3. The van der Waals surface area contributed by atoms with Gasteiger partial charge in [-0.15, -0.1) is 11.3 Å². The lowest BCUT2D eigenvalue weighted by Crippen LogP contribution is -2.44. The highest BCUT2D eigenvalue weighted by Crippen LogP contribution is 2.21. The van der Waals surface area contributed by atoms with Crippen LogP contribution in [0.5, 0.6) is 0 Å². The maximum Gasteiger partial charge on any atom is 0.326 e. The number of aromatic nitrogens is 2. The van der Waals surface area contributed by atoms with E-state index in [0.29, 0.717) is 11.7 Å². The van der Waals surface area contributed by atoms with E-state index in [-0.39, 0.29) is 24.7 Å². The number of amides is 1. The smallest absolute Gasteiger partial charge is 0.326 e. The molecule has 0 aliphatic rings. The highest BCUT2D eigenvalue weighted by molar-refractivity contribution is 7.13. The Morgan fingerprint density at radius 3 is 2.82 bits per heavy atom. The molecule has 1 atom stereocenters. The van der Waals surface area contributed by atoms with Gasteiger partial charge in [-0.2, -0.15) is 4.98 Å². The number of hydrogen-bond acceptors (Lipinski definition) is 6. The van der Waals surface area contributed by atoms with Gasteiger partial charge in [-0.25, -0.2) is 4.79 Å². The van der Waals surface area contributed by atoms with Crippen molar-refractivity contribution in [2.24, 2.45) is 5.92 Å². The molecular weight excluding hydrogens is 306 g/mol. The van der Waals surface area contributed by atoms with E-state index in [4.69, 9.17) is 9.63 Å². The molecule has 0 radical (unpaired) electrons. The summed E-state index contributed by atoms with van der Waals surface area (Å²) in [7, 11) is 0. The Hall–Kier alpha value is -2.22. The number of carbonyl (C=O) groups is 2. The highest BCUT2D eigenvalue weighted by atomic mass is 32.1. The predicted octanol–water partition coefficient (Wildman–Crippen LogP) is 1.96. The minimum Gasteiger partial charge on any atom is -0.480 e. The molecular formula is C14H17N3O4S. The average Bonchev–Trinajstić information content (AvgIpc) is 3.12. The van der Waals surface area contributed by atoms with Gasteiger partial charge in [0.2, 0.25) is 17.6 Å². The lowest BCUT2D eigenvalue weighted by molar-refractivity contribution is -0.143. The third kappa shape index (κ3) is 4.14. The molecule has 2 N–H and O–H groups in total. The number of aryl methyl sites for hydroxylation is 1. The van der Waals surface area contributed by atoms with Gasteiger partial charge in [-0.05, 0) is 17.4 Å². The van der Waals surface area contributed by atoms with E-state index in [1.54, 1.807) is 13.8 Å². The molecule has 1 unspecified atom stereocenters. The first-order valence-corrected chi connectivity index (χ1v) is 7.74. The van der Waals surface area contributed by atoms with E-state index >= 15 is 0 Å². The van der Waals surface area contributed by atoms with Crippen molar-refractivity contribution in [3.63, 3.8) is 0 Å². The van der Waals surface area contributed by atoms with Crippen molar-refractivity contribution in [1.82, 2.24) is 15.5 Å². The minimum atomic E-state index is -1.04. The molecule has 2 aromatic heterocycles. The number of aliphatic carboxylic acids is 1. The van der Waals surface area contributed by atoms with Crippen molar-refractivity contribution in [2.75, 3.05) is 0 Å². The van der Waals surface area contributed by atoms with Crippen molar-refractivity contribution < 1.29 is 19.2 Å². The molecule has 7 nitrogen and oxygen atoms in total. The number of nitrogens with zero attached hydrogens (tertiary/aromatic N) is 2. The maximum absolute atomic E-state index is 11.8. The van der Waals surface area contributed by atoms with E-state index < -0.39 is 12.0 Å². The standard InChI is InChI=1S/C14H17N3O4S/c1-8(2)12(14(19)20)15-10(18)5-6-11-16-13(17-21-11)9-4-3-7-22-9/h3-4,7-8,12H,5-6H2,1-2H3,(H,15,18)(H,19,20). The highest BCUT2D eigenvalue weighted by Gasteiger charge is 2.23. The fourth-order valence-electron chi connectivity index (χ4n) is 1.84. The van der Waals surface area contributed by atoms with Crippen LogP contribution in [0.1, 0.15) is 26.2 Å². The second-order valence-electron chi connectivity index (χ2n) is 5.12. The van der Waals surface area contributed by atoms with Crippen LogP contribution in [0.3, 0.4) is 0 Å². The molecule has 0 aliphatic heterocycles. The van der Waals surface area contributed by atoms with Crippen LogP contribution in [0, 0.1) is 5.92 Å². The first-order valence-electron chi connectivity index (χ1n) is 6.86. The average molecular weight is 323 g/mol. The fraction of sp³-hybridized carbons (Fsp3) is 0.429. The summed E-state index contributed by atoms with van der Waals surface area (Å²) in [5.74, 6) is -0.723. The van der Waals surface area contributed by atoms with E-state index in [2.05, 4.69) is 15.5 Å². The van der Waals surface area contributed by atoms with E-state index in [9.17, 15) is 9.59 Å². The zero-order chi connectivity index (χ0) is 16.1. The number of thiophene rings is 1. The quantitative estimate of drug-likeness (QED) is 0.807. The summed E-state index contributed by atoms with van der Waals surface area (Å²) in [6, 6.07) is 2.88. The van der Waals surface area contributed by atoms with Crippen LogP contribution in [-0.4, -0.2) is 33.2 Å². The van der Waals surface area contributed by atoms with E-state index in [0.717, 1.165) is 4.88 Å². The lowest BCUT2D eigenvalue weighted by atomic mass is 10.0. The summed E-state index contributed by atoms with van der Waals surface area (Å²) in [4.78, 5) is 27.9. The van der Waals surface area contributed by atoms with Crippen LogP contribution in [0.4, 0.5) is 0 Å². The Kier molecular flexibility index (Phi) is 5.26. The number of nitrogens with one attached hydrogen (secondary N) is 1. The summed E-state index contributed by atoms with van der Waals surface area (Å²) < 4.78 is 5.09. The summed E-state index contributed by atoms with van der Waals surface area (Å²) in [6.07, 6.45) is 0.372. The maximum atomic E-state index is 11.8.